The van der Waals surface area contributed by atoms with Gasteiger partial charge in [-0.2, -0.15) is 5.26 Å². The predicted molar refractivity (Wildman–Crippen MR) is 119 cm³/mol. The third kappa shape index (κ3) is 3.71. The van der Waals surface area contributed by atoms with Gasteiger partial charge in [-0.25, -0.2) is 4.99 Å². The Balaban J connectivity index is 1.70. The Morgan fingerprint density at radius 3 is 2.47 bits per heavy atom. The number of para-hydroxylation sites is 1. The van der Waals surface area contributed by atoms with Gasteiger partial charge in [0.1, 0.15) is 27.9 Å². The lowest BCUT2D eigenvalue weighted by Crippen LogP contribution is -2.44. The van der Waals surface area contributed by atoms with Gasteiger partial charge in [0, 0.05) is 23.8 Å². The SMILES string of the molecule is CO[C@H]1O[C@@H]2CO[C@@H](c3ccccc3)O[C@H]2c2c1c(C#N)c(N)sc2=Nc1ccccc1. The van der Waals surface area contributed by atoms with E-state index >= 15 is 0 Å². The Labute approximate surface area is 189 Å². The molecule has 1 fully saturated rings. The van der Waals surface area contributed by atoms with Crippen LogP contribution in [0.4, 0.5) is 10.7 Å². The van der Waals surface area contributed by atoms with Crippen LogP contribution in [0.3, 0.4) is 0 Å². The van der Waals surface area contributed by atoms with Crippen molar-refractivity contribution >= 4 is 22.0 Å². The summed E-state index contributed by atoms with van der Waals surface area (Å²) in [6.45, 7) is 0.311. The Hall–Kier alpha value is -3.06. The molecule has 2 aliphatic rings. The number of nitrogens with two attached hydrogens (primary N) is 1. The van der Waals surface area contributed by atoms with Gasteiger partial charge in [0.25, 0.3) is 0 Å². The number of fused-ring (bicyclic) bond motifs is 3. The van der Waals surface area contributed by atoms with Crippen molar-refractivity contribution in [1.82, 2.24) is 0 Å². The highest BCUT2D eigenvalue weighted by atomic mass is 32.1. The van der Waals surface area contributed by atoms with Gasteiger partial charge in [-0.3, -0.25) is 0 Å². The molecule has 3 heterocycles. The molecule has 1 saturated heterocycles. The summed E-state index contributed by atoms with van der Waals surface area (Å²) in [7, 11) is 1.54. The monoisotopic (exact) mass is 447 g/mol. The Bertz CT molecular complexity index is 1220. The number of hydrogen-bond donors (Lipinski definition) is 1. The minimum absolute atomic E-state index is 0.311. The maximum absolute atomic E-state index is 9.86. The average Bonchev–Trinajstić information content (AvgIpc) is 2.84. The quantitative estimate of drug-likeness (QED) is 0.644. The van der Waals surface area contributed by atoms with Gasteiger partial charge in [0.2, 0.25) is 0 Å². The number of rotatable bonds is 3. The van der Waals surface area contributed by atoms with Gasteiger partial charge in [-0.1, -0.05) is 59.9 Å². The second-order valence-corrected chi connectivity index (χ2v) is 8.44. The minimum Gasteiger partial charge on any atom is -0.389 e. The zero-order valence-electron chi connectivity index (χ0n) is 17.3. The lowest BCUT2D eigenvalue weighted by Gasteiger charge is -2.42. The van der Waals surface area contributed by atoms with Crippen LogP contribution in [0.2, 0.25) is 0 Å². The molecular weight excluding hydrogens is 426 g/mol. The maximum Gasteiger partial charge on any atom is 0.185 e. The number of methoxy groups -OCH3 is 1. The fraction of sp³-hybridized carbons (Fsp3) is 0.250. The molecule has 0 spiro atoms. The van der Waals surface area contributed by atoms with Crippen molar-refractivity contribution < 1.29 is 18.9 Å². The molecule has 2 aromatic carbocycles. The summed E-state index contributed by atoms with van der Waals surface area (Å²) >= 11 is 1.26. The summed E-state index contributed by atoms with van der Waals surface area (Å²) in [5.74, 6) is 0. The van der Waals surface area contributed by atoms with E-state index in [1.54, 1.807) is 0 Å². The van der Waals surface area contributed by atoms with E-state index < -0.39 is 24.8 Å². The Morgan fingerprint density at radius 1 is 1.06 bits per heavy atom. The summed E-state index contributed by atoms with van der Waals surface area (Å²) in [6, 6.07) is 21.5. The summed E-state index contributed by atoms with van der Waals surface area (Å²) in [4.78, 5) is 4.85. The molecular formula is C24H21N3O4S. The van der Waals surface area contributed by atoms with Crippen LogP contribution >= 0.6 is 11.3 Å². The van der Waals surface area contributed by atoms with Crippen molar-refractivity contribution in [3.63, 3.8) is 0 Å². The van der Waals surface area contributed by atoms with Crippen LogP contribution in [0, 0.1) is 11.3 Å². The fourth-order valence-electron chi connectivity index (χ4n) is 4.01. The lowest BCUT2D eigenvalue weighted by atomic mass is 9.94. The largest absolute Gasteiger partial charge is 0.389 e. The molecule has 0 radical (unpaired) electrons. The van der Waals surface area contributed by atoms with E-state index in [0.29, 0.717) is 27.4 Å². The third-order valence-electron chi connectivity index (χ3n) is 5.47. The van der Waals surface area contributed by atoms with E-state index in [1.165, 1.54) is 18.4 Å². The van der Waals surface area contributed by atoms with E-state index in [4.69, 9.17) is 29.7 Å². The van der Waals surface area contributed by atoms with Gasteiger partial charge in [0.15, 0.2) is 12.6 Å². The molecule has 0 amide bonds. The van der Waals surface area contributed by atoms with Gasteiger partial charge >= 0.3 is 0 Å². The second kappa shape index (κ2) is 8.82. The highest BCUT2D eigenvalue weighted by Crippen LogP contribution is 2.46. The molecule has 0 saturated carbocycles. The van der Waals surface area contributed by atoms with Gasteiger partial charge in [-0.15, -0.1) is 0 Å². The van der Waals surface area contributed by atoms with Crippen molar-refractivity contribution in [3.8, 4) is 6.07 Å². The van der Waals surface area contributed by atoms with Crippen LogP contribution in [0.25, 0.3) is 0 Å². The smallest absolute Gasteiger partial charge is 0.185 e. The normalized spacial score (nSPS) is 24.9. The molecule has 2 aliphatic heterocycles. The number of anilines is 1. The number of nitriles is 1. The molecule has 5 rings (SSSR count). The Morgan fingerprint density at radius 2 is 1.78 bits per heavy atom. The van der Waals surface area contributed by atoms with Crippen LogP contribution in [0.1, 0.15) is 40.9 Å². The summed E-state index contributed by atoms with van der Waals surface area (Å²) in [5, 5.41) is 10.2. The van der Waals surface area contributed by atoms with Crippen LogP contribution in [0.15, 0.2) is 65.7 Å². The number of ether oxygens (including phenoxy) is 4. The minimum atomic E-state index is -0.776. The third-order valence-corrected chi connectivity index (χ3v) is 6.39. The van der Waals surface area contributed by atoms with Gasteiger partial charge in [0.05, 0.1) is 17.9 Å². The standard InChI is InChI=1S/C24H21N3O4S/c1-28-24-18-16(12-25)21(26)32-22(27-15-10-6-3-7-11-15)19(18)20-17(30-24)13-29-23(31-20)14-8-4-2-5-9-14/h2-11,17,20,23-24H,13,26H2,1H3/t17-,20-,23-,24+/m1/s1. The zero-order valence-corrected chi connectivity index (χ0v) is 18.1. The first kappa shape index (κ1) is 20.8. The summed E-state index contributed by atoms with van der Waals surface area (Å²) < 4.78 is 24.8. The van der Waals surface area contributed by atoms with Crippen molar-refractivity contribution in [3.05, 3.63) is 87.6 Å². The molecule has 3 aromatic rings. The summed E-state index contributed by atoms with van der Waals surface area (Å²) in [6.07, 6.45) is -2.26. The lowest BCUT2D eigenvalue weighted by molar-refractivity contribution is -0.306. The van der Waals surface area contributed by atoms with Crippen molar-refractivity contribution in [2.24, 2.45) is 4.99 Å². The number of hydrogen-bond acceptors (Lipinski definition) is 8. The molecule has 4 atom stereocenters. The van der Waals surface area contributed by atoms with E-state index in [9.17, 15) is 5.26 Å². The van der Waals surface area contributed by atoms with E-state index in [1.807, 2.05) is 60.7 Å². The molecule has 8 heteroatoms. The summed E-state index contributed by atoms with van der Waals surface area (Å²) in [5.41, 5.74) is 9.61. The zero-order chi connectivity index (χ0) is 22.1. The van der Waals surface area contributed by atoms with Crippen molar-refractivity contribution in [2.75, 3.05) is 19.5 Å². The molecule has 7 nitrogen and oxygen atoms in total. The highest BCUT2D eigenvalue weighted by molar-refractivity contribution is 7.13. The van der Waals surface area contributed by atoms with E-state index in [2.05, 4.69) is 6.07 Å². The molecule has 0 bridgehead atoms. The van der Waals surface area contributed by atoms with Crippen LogP contribution < -0.4 is 10.4 Å². The first-order valence-corrected chi connectivity index (χ1v) is 11.0. The molecule has 2 N–H and O–H groups in total. The number of benzene rings is 2. The highest BCUT2D eigenvalue weighted by Gasteiger charge is 2.44. The number of nitrogen functional groups attached to an aromatic ring is 1. The van der Waals surface area contributed by atoms with Gasteiger partial charge < -0.3 is 24.7 Å². The van der Waals surface area contributed by atoms with E-state index in [0.717, 1.165) is 16.8 Å². The first-order chi connectivity index (χ1) is 15.7. The Kier molecular flexibility index (Phi) is 5.74. The first-order valence-electron chi connectivity index (χ1n) is 10.2. The molecule has 0 unspecified atom stereocenters. The second-order valence-electron chi connectivity index (χ2n) is 7.41. The topological polar surface area (TPSA) is 99.1 Å². The number of nitrogens with zero attached hydrogens (tertiary/aromatic N) is 2. The van der Waals surface area contributed by atoms with Crippen LogP contribution in [0.5, 0.6) is 0 Å². The van der Waals surface area contributed by atoms with Crippen LogP contribution in [-0.2, 0) is 18.9 Å². The van der Waals surface area contributed by atoms with Crippen molar-refractivity contribution in [2.45, 2.75) is 24.8 Å². The van der Waals surface area contributed by atoms with Gasteiger partial charge in [-0.05, 0) is 12.1 Å². The molecule has 0 aliphatic carbocycles. The molecule has 32 heavy (non-hydrogen) atoms. The fourth-order valence-corrected chi connectivity index (χ4v) is 4.96. The van der Waals surface area contributed by atoms with Crippen molar-refractivity contribution in [1.29, 1.82) is 5.26 Å². The van der Waals surface area contributed by atoms with E-state index in [-0.39, 0.29) is 0 Å². The molecule has 1 aromatic heterocycles. The predicted octanol–water partition coefficient (Wildman–Crippen LogP) is 4.26. The average molecular weight is 448 g/mol. The van der Waals surface area contributed by atoms with Crippen LogP contribution in [-0.4, -0.2) is 19.8 Å². The maximum atomic E-state index is 9.86. The molecule has 162 valence electrons.